The maximum atomic E-state index is 11.9. The first-order valence-electron chi connectivity index (χ1n) is 6.09. The van der Waals surface area contributed by atoms with E-state index in [0.717, 1.165) is 12.8 Å². The lowest BCUT2D eigenvalue weighted by atomic mass is 9.90. The van der Waals surface area contributed by atoms with Crippen LogP contribution in [0.25, 0.3) is 0 Å². The fraction of sp³-hybridized carbons (Fsp3) is 0.727. The van der Waals surface area contributed by atoms with Gasteiger partial charge in [-0.05, 0) is 25.7 Å². The number of hydrogen-bond acceptors (Lipinski definition) is 3. The van der Waals surface area contributed by atoms with Crippen LogP contribution in [0.3, 0.4) is 0 Å². The molecule has 0 radical (unpaired) electrons. The van der Waals surface area contributed by atoms with Gasteiger partial charge in [0.25, 0.3) is 10.0 Å². The molecule has 0 saturated heterocycles. The highest BCUT2D eigenvalue weighted by Gasteiger charge is 2.20. The Hall–Kier alpha value is -0.880. The standard InChI is InChI=1S/C11H19N3O2S/c1-9-12-8-11(14-9)17(15,16)13-7-10-5-3-2-4-6-10/h8,10,13H,2-7H2,1H3,(H,12,14). The van der Waals surface area contributed by atoms with Crippen LogP contribution in [0.1, 0.15) is 37.9 Å². The van der Waals surface area contributed by atoms with Crippen molar-refractivity contribution in [3.63, 3.8) is 0 Å². The number of sulfonamides is 1. The molecule has 2 rings (SSSR count). The van der Waals surface area contributed by atoms with Crippen molar-refractivity contribution in [2.45, 2.75) is 44.1 Å². The second-order valence-corrected chi connectivity index (χ2v) is 6.42. The summed E-state index contributed by atoms with van der Waals surface area (Å²) in [5, 5.41) is 0.158. The van der Waals surface area contributed by atoms with E-state index >= 15 is 0 Å². The molecule has 0 amide bonds. The van der Waals surface area contributed by atoms with Gasteiger partial charge in [-0.2, -0.15) is 0 Å². The molecular weight excluding hydrogens is 238 g/mol. The van der Waals surface area contributed by atoms with E-state index in [1.54, 1.807) is 6.92 Å². The van der Waals surface area contributed by atoms with Crippen molar-refractivity contribution in [3.05, 3.63) is 12.0 Å². The molecule has 0 aliphatic heterocycles. The quantitative estimate of drug-likeness (QED) is 0.860. The van der Waals surface area contributed by atoms with Crippen LogP contribution in [0.15, 0.2) is 11.2 Å². The number of H-pyrrole nitrogens is 1. The van der Waals surface area contributed by atoms with E-state index in [-0.39, 0.29) is 5.03 Å². The molecule has 0 unspecified atom stereocenters. The van der Waals surface area contributed by atoms with E-state index in [1.165, 1.54) is 25.5 Å². The van der Waals surface area contributed by atoms with E-state index in [1.807, 2.05) is 0 Å². The van der Waals surface area contributed by atoms with Crippen molar-refractivity contribution >= 4 is 10.0 Å². The SMILES string of the molecule is Cc1ncc(S(=O)(=O)NCC2CCCCC2)[nH]1. The molecule has 1 aliphatic carbocycles. The van der Waals surface area contributed by atoms with Gasteiger partial charge in [-0.1, -0.05) is 19.3 Å². The Morgan fingerprint density at radius 2 is 2.12 bits per heavy atom. The van der Waals surface area contributed by atoms with Crippen LogP contribution in [0.5, 0.6) is 0 Å². The Morgan fingerprint density at radius 1 is 1.41 bits per heavy atom. The molecular formula is C11H19N3O2S. The largest absolute Gasteiger partial charge is 0.332 e. The number of aromatic nitrogens is 2. The van der Waals surface area contributed by atoms with Gasteiger partial charge >= 0.3 is 0 Å². The number of aryl methyl sites for hydroxylation is 1. The normalized spacial score (nSPS) is 18.4. The van der Waals surface area contributed by atoms with Gasteiger partial charge in [0.15, 0.2) is 5.03 Å². The van der Waals surface area contributed by atoms with Crippen LogP contribution in [-0.2, 0) is 10.0 Å². The smallest absolute Gasteiger partial charge is 0.257 e. The number of aromatic amines is 1. The maximum absolute atomic E-state index is 11.9. The lowest BCUT2D eigenvalue weighted by Crippen LogP contribution is -2.30. The zero-order valence-electron chi connectivity index (χ0n) is 10.1. The molecule has 0 atom stereocenters. The Morgan fingerprint density at radius 3 is 2.71 bits per heavy atom. The molecule has 1 fully saturated rings. The molecule has 1 aromatic heterocycles. The molecule has 1 aromatic rings. The zero-order chi connectivity index (χ0) is 12.3. The van der Waals surface area contributed by atoms with Crippen molar-refractivity contribution in [2.75, 3.05) is 6.54 Å². The fourth-order valence-electron chi connectivity index (χ4n) is 2.23. The summed E-state index contributed by atoms with van der Waals surface area (Å²) < 4.78 is 26.5. The summed E-state index contributed by atoms with van der Waals surface area (Å²) >= 11 is 0. The number of nitrogens with one attached hydrogen (secondary N) is 2. The minimum atomic E-state index is -3.41. The zero-order valence-corrected chi connectivity index (χ0v) is 10.9. The van der Waals surface area contributed by atoms with Crippen molar-refractivity contribution < 1.29 is 8.42 Å². The predicted molar refractivity (Wildman–Crippen MR) is 65.1 cm³/mol. The van der Waals surface area contributed by atoms with E-state index in [4.69, 9.17) is 0 Å². The summed E-state index contributed by atoms with van der Waals surface area (Å²) in [5.74, 6) is 1.10. The summed E-state index contributed by atoms with van der Waals surface area (Å²) in [4.78, 5) is 6.65. The van der Waals surface area contributed by atoms with Gasteiger partial charge in [0.2, 0.25) is 0 Å². The van der Waals surface area contributed by atoms with Crippen molar-refractivity contribution in [1.29, 1.82) is 0 Å². The van der Waals surface area contributed by atoms with Crippen LogP contribution in [0.2, 0.25) is 0 Å². The van der Waals surface area contributed by atoms with Gasteiger partial charge in [-0.15, -0.1) is 0 Å². The maximum Gasteiger partial charge on any atom is 0.257 e. The first-order valence-corrected chi connectivity index (χ1v) is 7.57. The third-order valence-corrected chi connectivity index (χ3v) is 4.59. The van der Waals surface area contributed by atoms with Gasteiger partial charge in [-0.25, -0.2) is 18.1 Å². The van der Waals surface area contributed by atoms with Crippen LogP contribution >= 0.6 is 0 Å². The van der Waals surface area contributed by atoms with Crippen molar-refractivity contribution in [3.8, 4) is 0 Å². The van der Waals surface area contributed by atoms with E-state index in [9.17, 15) is 8.42 Å². The predicted octanol–water partition coefficient (Wildman–Crippen LogP) is 1.58. The molecule has 6 heteroatoms. The number of imidazole rings is 1. The van der Waals surface area contributed by atoms with Crippen molar-refractivity contribution in [1.82, 2.24) is 14.7 Å². The Labute approximate surface area is 102 Å². The summed E-state index contributed by atoms with van der Waals surface area (Å²) in [5.41, 5.74) is 0. The summed E-state index contributed by atoms with van der Waals surface area (Å²) in [6, 6.07) is 0. The highest BCUT2D eigenvalue weighted by molar-refractivity contribution is 7.89. The second kappa shape index (κ2) is 5.18. The number of hydrogen-bond donors (Lipinski definition) is 2. The molecule has 1 heterocycles. The monoisotopic (exact) mass is 257 g/mol. The summed E-state index contributed by atoms with van der Waals surface area (Å²) in [7, 11) is -3.41. The molecule has 0 bridgehead atoms. The molecule has 0 aromatic carbocycles. The van der Waals surface area contributed by atoms with Gasteiger partial charge < -0.3 is 4.98 Å². The molecule has 96 valence electrons. The first kappa shape index (κ1) is 12.6. The third-order valence-electron chi connectivity index (χ3n) is 3.26. The van der Waals surface area contributed by atoms with Gasteiger partial charge in [0, 0.05) is 6.54 Å². The molecule has 1 aliphatic rings. The molecule has 1 saturated carbocycles. The molecule has 5 nitrogen and oxygen atoms in total. The Kier molecular flexibility index (Phi) is 3.83. The van der Waals surface area contributed by atoms with E-state index in [0.29, 0.717) is 18.3 Å². The second-order valence-electron chi connectivity index (χ2n) is 4.69. The van der Waals surface area contributed by atoms with Gasteiger partial charge in [0.05, 0.1) is 6.20 Å². The minimum Gasteiger partial charge on any atom is -0.332 e. The van der Waals surface area contributed by atoms with Crippen LogP contribution in [-0.4, -0.2) is 24.9 Å². The van der Waals surface area contributed by atoms with Gasteiger partial charge in [0.1, 0.15) is 5.82 Å². The van der Waals surface area contributed by atoms with Crippen LogP contribution < -0.4 is 4.72 Å². The lowest BCUT2D eigenvalue weighted by molar-refractivity contribution is 0.357. The fourth-order valence-corrected chi connectivity index (χ4v) is 3.32. The molecule has 17 heavy (non-hydrogen) atoms. The van der Waals surface area contributed by atoms with Gasteiger partial charge in [-0.3, -0.25) is 0 Å². The molecule has 0 spiro atoms. The van der Waals surface area contributed by atoms with Crippen molar-refractivity contribution in [2.24, 2.45) is 5.92 Å². The van der Waals surface area contributed by atoms with Crippen LogP contribution in [0.4, 0.5) is 0 Å². The van der Waals surface area contributed by atoms with E-state index < -0.39 is 10.0 Å². The molecule has 2 N–H and O–H groups in total. The third kappa shape index (κ3) is 3.29. The minimum absolute atomic E-state index is 0.158. The average Bonchev–Trinajstić information content (AvgIpc) is 2.76. The summed E-state index contributed by atoms with van der Waals surface area (Å²) in [6.45, 7) is 2.28. The van der Waals surface area contributed by atoms with Crippen LogP contribution in [0, 0.1) is 12.8 Å². The first-order chi connectivity index (χ1) is 8.08. The average molecular weight is 257 g/mol. The Bertz CT molecular complexity index is 461. The highest BCUT2D eigenvalue weighted by Crippen LogP contribution is 2.23. The highest BCUT2D eigenvalue weighted by atomic mass is 32.2. The topological polar surface area (TPSA) is 74.8 Å². The summed E-state index contributed by atoms with van der Waals surface area (Å²) in [6.07, 6.45) is 7.34. The number of rotatable bonds is 4. The lowest BCUT2D eigenvalue weighted by Gasteiger charge is -2.21. The number of nitrogens with zero attached hydrogens (tertiary/aromatic N) is 1. The van der Waals surface area contributed by atoms with E-state index in [2.05, 4.69) is 14.7 Å². The Balaban J connectivity index is 1.93.